The number of carbonyl (C=O) groups is 1. The van der Waals surface area contributed by atoms with Gasteiger partial charge < -0.3 is 20.5 Å². The zero-order chi connectivity index (χ0) is 12.1. The van der Waals surface area contributed by atoms with Crippen LogP contribution in [0.5, 0.6) is 11.5 Å². The predicted molar refractivity (Wildman–Crippen MR) is 61.6 cm³/mol. The van der Waals surface area contributed by atoms with Gasteiger partial charge in [-0.05, 0) is 19.1 Å². The van der Waals surface area contributed by atoms with Crippen molar-refractivity contribution in [1.82, 2.24) is 5.32 Å². The van der Waals surface area contributed by atoms with E-state index < -0.39 is 6.10 Å². The summed E-state index contributed by atoms with van der Waals surface area (Å²) in [6.07, 6.45) is -0.557. The number of nitrogens with two attached hydrogens (primary N) is 1. The minimum atomic E-state index is -0.557. The standard InChI is InChI=1S/C11H16N2O3/c1-7(11(14)13-2)16-8-4-5-9(12)10(6-8)15-3/h4-7H,12H2,1-3H3,(H,13,14)/t7-/m0/s1. The Morgan fingerprint density at radius 2 is 2.19 bits per heavy atom. The number of hydrogen-bond acceptors (Lipinski definition) is 4. The summed E-state index contributed by atoms with van der Waals surface area (Å²) in [7, 11) is 3.09. The van der Waals surface area contributed by atoms with Gasteiger partial charge in [-0.25, -0.2) is 0 Å². The summed E-state index contributed by atoms with van der Waals surface area (Å²) < 4.78 is 10.5. The fourth-order valence-electron chi connectivity index (χ4n) is 1.23. The molecule has 1 rings (SSSR count). The van der Waals surface area contributed by atoms with Gasteiger partial charge in [0.25, 0.3) is 5.91 Å². The molecule has 0 heterocycles. The smallest absolute Gasteiger partial charge is 0.260 e. The van der Waals surface area contributed by atoms with Gasteiger partial charge in [-0.2, -0.15) is 0 Å². The normalized spacial score (nSPS) is 11.7. The van der Waals surface area contributed by atoms with Crippen LogP contribution >= 0.6 is 0 Å². The summed E-state index contributed by atoms with van der Waals surface area (Å²) in [5.41, 5.74) is 6.19. The van der Waals surface area contributed by atoms with Crippen LogP contribution in [0.25, 0.3) is 0 Å². The topological polar surface area (TPSA) is 73.6 Å². The molecule has 16 heavy (non-hydrogen) atoms. The van der Waals surface area contributed by atoms with Gasteiger partial charge in [0.05, 0.1) is 12.8 Å². The molecule has 1 atom stereocenters. The van der Waals surface area contributed by atoms with E-state index in [9.17, 15) is 4.79 Å². The highest BCUT2D eigenvalue weighted by Crippen LogP contribution is 2.26. The Bertz CT molecular complexity index is 379. The molecule has 0 aliphatic heterocycles. The number of hydrogen-bond donors (Lipinski definition) is 2. The molecule has 5 nitrogen and oxygen atoms in total. The Balaban J connectivity index is 2.78. The molecular formula is C11H16N2O3. The molecule has 0 radical (unpaired) electrons. The van der Waals surface area contributed by atoms with Crippen molar-refractivity contribution < 1.29 is 14.3 Å². The maximum atomic E-state index is 11.2. The first-order valence-electron chi connectivity index (χ1n) is 4.90. The van der Waals surface area contributed by atoms with E-state index in [0.717, 1.165) is 0 Å². The highest BCUT2D eigenvalue weighted by molar-refractivity contribution is 5.80. The van der Waals surface area contributed by atoms with Crippen LogP contribution in [-0.2, 0) is 4.79 Å². The van der Waals surface area contributed by atoms with Gasteiger partial charge in [-0.15, -0.1) is 0 Å². The van der Waals surface area contributed by atoms with E-state index in [4.69, 9.17) is 15.2 Å². The van der Waals surface area contributed by atoms with Crippen LogP contribution in [0, 0.1) is 0 Å². The molecule has 3 N–H and O–H groups in total. The fourth-order valence-corrected chi connectivity index (χ4v) is 1.23. The van der Waals surface area contributed by atoms with E-state index >= 15 is 0 Å². The van der Waals surface area contributed by atoms with Gasteiger partial charge in [0.2, 0.25) is 0 Å². The fraction of sp³-hybridized carbons (Fsp3) is 0.364. The van der Waals surface area contributed by atoms with Crippen LogP contribution in [0.1, 0.15) is 6.92 Å². The van der Waals surface area contributed by atoms with Gasteiger partial charge >= 0.3 is 0 Å². The average Bonchev–Trinajstić information content (AvgIpc) is 2.30. The second-order valence-electron chi connectivity index (χ2n) is 3.28. The number of ether oxygens (including phenoxy) is 2. The summed E-state index contributed by atoms with van der Waals surface area (Å²) in [6.45, 7) is 1.67. The van der Waals surface area contributed by atoms with Gasteiger partial charge in [0.1, 0.15) is 11.5 Å². The van der Waals surface area contributed by atoms with Gasteiger partial charge in [0, 0.05) is 13.1 Å². The third-order valence-corrected chi connectivity index (χ3v) is 2.13. The molecule has 0 aliphatic rings. The lowest BCUT2D eigenvalue weighted by atomic mass is 10.2. The average molecular weight is 224 g/mol. The minimum absolute atomic E-state index is 0.184. The van der Waals surface area contributed by atoms with Crippen molar-refractivity contribution in [3.05, 3.63) is 18.2 Å². The highest BCUT2D eigenvalue weighted by atomic mass is 16.5. The van der Waals surface area contributed by atoms with Crippen LogP contribution in [0.15, 0.2) is 18.2 Å². The van der Waals surface area contributed by atoms with Crippen molar-refractivity contribution in [1.29, 1.82) is 0 Å². The van der Waals surface area contributed by atoms with Crippen LogP contribution in [-0.4, -0.2) is 26.2 Å². The first-order chi connectivity index (χ1) is 7.58. The van der Waals surface area contributed by atoms with E-state index in [2.05, 4.69) is 5.32 Å². The molecule has 0 saturated carbocycles. The quantitative estimate of drug-likeness (QED) is 0.741. The lowest BCUT2D eigenvalue weighted by Gasteiger charge is -2.14. The number of nitrogen functional groups attached to an aromatic ring is 1. The number of rotatable bonds is 4. The zero-order valence-corrected chi connectivity index (χ0v) is 9.61. The Kier molecular flexibility index (Phi) is 3.99. The third-order valence-electron chi connectivity index (χ3n) is 2.13. The number of carbonyl (C=O) groups excluding carboxylic acids is 1. The molecule has 0 saturated heterocycles. The van der Waals surface area contributed by atoms with Crippen LogP contribution in [0.2, 0.25) is 0 Å². The first-order valence-corrected chi connectivity index (χ1v) is 4.90. The maximum Gasteiger partial charge on any atom is 0.260 e. The number of methoxy groups -OCH3 is 1. The van der Waals surface area contributed by atoms with Crippen molar-refractivity contribution in [3.63, 3.8) is 0 Å². The summed E-state index contributed by atoms with van der Waals surface area (Å²) >= 11 is 0. The van der Waals surface area contributed by atoms with Crippen molar-refractivity contribution in [3.8, 4) is 11.5 Å². The molecule has 1 aromatic carbocycles. The van der Waals surface area contributed by atoms with E-state index in [1.807, 2.05) is 0 Å². The molecule has 88 valence electrons. The van der Waals surface area contributed by atoms with E-state index in [0.29, 0.717) is 17.2 Å². The summed E-state index contributed by atoms with van der Waals surface area (Å²) in [5, 5.41) is 2.51. The molecule has 0 fully saturated rings. The summed E-state index contributed by atoms with van der Waals surface area (Å²) in [6, 6.07) is 5.01. The van der Waals surface area contributed by atoms with Crippen molar-refractivity contribution in [2.45, 2.75) is 13.0 Å². The van der Waals surface area contributed by atoms with Gasteiger partial charge in [-0.3, -0.25) is 4.79 Å². The van der Waals surface area contributed by atoms with Gasteiger partial charge in [0.15, 0.2) is 6.10 Å². The highest BCUT2D eigenvalue weighted by Gasteiger charge is 2.13. The third kappa shape index (κ3) is 2.79. The van der Waals surface area contributed by atoms with Crippen molar-refractivity contribution in [2.24, 2.45) is 0 Å². The Hall–Kier alpha value is -1.91. The van der Waals surface area contributed by atoms with Crippen molar-refractivity contribution >= 4 is 11.6 Å². The number of benzene rings is 1. The lowest BCUT2D eigenvalue weighted by Crippen LogP contribution is -2.33. The minimum Gasteiger partial charge on any atom is -0.494 e. The number of nitrogens with one attached hydrogen (secondary N) is 1. The summed E-state index contributed by atoms with van der Waals surface area (Å²) in [4.78, 5) is 11.2. The predicted octanol–water partition coefficient (Wildman–Crippen LogP) is 0.791. The van der Waals surface area contributed by atoms with E-state index in [-0.39, 0.29) is 5.91 Å². The largest absolute Gasteiger partial charge is 0.494 e. The second-order valence-corrected chi connectivity index (χ2v) is 3.28. The number of likely N-dealkylation sites (N-methyl/N-ethyl adjacent to an activating group) is 1. The molecule has 0 bridgehead atoms. The Morgan fingerprint density at radius 3 is 2.75 bits per heavy atom. The molecule has 1 aromatic rings. The second kappa shape index (κ2) is 5.25. The van der Waals surface area contributed by atoms with Crippen LogP contribution in [0.3, 0.4) is 0 Å². The molecule has 0 spiro atoms. The molecule has 1 amide bonds. The monoisotopic (exact) mass is 224 g/mol. The number of anilines is 1. The molecule has 0 aromatic heterocycles. The number of amides is 1. The van der Waals surface area contributed by atoms with Crippen molar-refractivity contribution in [2.75, 3.05) is 19.9 Å². The Morgan fingerprint density at radius 1 is 1.50 bits per heavy atom. The Labute approximate surface area is 94.5 Å². The first kappa shape index (κ1) is 12.2. The van der Waals surface area contributed by atoms with E-state index in [1.165, 1.54) is 7.11 Å². The lowest BCUT2D eigenvalue weighted by molar-refractivity contribution is -0.126. The molecule has 0 unspecified atom stereocenters. The summed E-state index contributed by atoms with van der Waals surface area (Å²) in [5.74, 6) is 0.888. The molecule has 5 heteroatoms. The van der Waals surface area contributed by atoms with E-state index in [1.54, 1.807) is 32.2 Å². The van der Waals surface area contributed by atoms with Gasteiger partial charge in [-0.1, -0.05) is 0 Å². The maximum absolute atomic E-state index is 11.2. The van der Waals surface area contributed by atoms with Crippen LogP contribution < -0.4 is 20.5 Å². The zero-order valence-electron chi connectivity index (χ0n) is 9.61. The van der Waals surface area contributed by atoms with Crippen LogP contribution in [0.4, 0.5) is 5.69 Å². The SMILES string of the molecule is CNC(=O)[C@H](C)Oc1ccc(N)c(OC)c1. The molecular weight excluding hydrogens is 208 g/mol. The molecule has 0 aliphatic carbocycles.